The summed E-state index contributed by atoms with van der Waals surface area (Å²) in [5.41, 5.74) is -0.633. The zero-order valence-electron chi connectivity index (χ0n) is 15.2. The summed E-state index contributed by atoms with van der Waals surface area (Å²) in [6.07, 6.45) is 1.47. The Hall–Kier alpha value is -3.05. The van der Waals surface area contributed by atoms with E-state index in [1.807, 2.05) is 0 Å². The van der Waals surface area contributed by atoms with E-state index in [1.54, 1.807) is 0 Å². The number of nitro benzene ring substituents is 1. The molecule has 29 heavy (non-hydrogen) atoms. The minimum atomic E-state index is -3.84. The molecule has 1 saturated heterocycles. The predicted octanol–water partition coefficient (Wildman–Crippen LogP) is 2.54. The molecule has 11 heteroatoms. The molecule has 1 heterocycles. The fraction of sp³-hybridized carbons (Fsp3) is 0.278. The van der Waals surface area contributed by atoms with E-state index in [-0.39, 0.29) is 16.3 Å². The van der Waals surface area contributed by atoms with Crippen molar-refractivity contribution >= 4 is 27.3 Å². The van der Waals surface area contributed by atoms with Crippen LogP contribution in [0.4, 0.5) is 15.8 Å². The maximum absolute atomic E-state index is 13.6. The van der Waals surface area contributed by atoms with E-state index in [9.17, 15) is 27.7 Å². The lowest BCUT2D eigenvalue weighted by atomic mass is 10.3. The molecule has 154 valence electrons. The van der Waals surface area contributed by atoms with Crippen molar-refractivity contribution in [1.29, 1.82) is 0 Å². The van der Waals surface area contributed by atoms with E-state index in [2.05, 4.69) is 5.32 Å². The highest BCUT2D eigenvalue weighted by Gasteiger charge is 2.30. The molecule has 0 radical (unpaired) electrons. The van der Waals surface area contributed by atoms with Gasteiger partial charge in [0.1, 0.15) is 5.82 Å². The Morgan fingerprint density at radius 2 is 1.90 bits per heavy atom. The van der Waals surface area contributed by atoms with Crippen LogP contribution >= 0.6 is 0 Å². The number of sulfonamides is 1. The number of hydrogen-bond donors (Lipinski definition) is 1. The van der Waals surface area contributed by atoms with Crippen molar-refractivity contribution in [3.05, 3.63) is 58.4 Å². The number of rotatable bonds is 7. The third-order valence-electron chi connectivity index (χ3n) is 4.34. The molecule has 0 unspecified atom stereocenters. The normalized spacial score (nSPS) is 14.5. The highest BCUT2D eigenvalue weighted by Crippen LogP contribution is 2.31. The van der Waals surface area contributed by atoms with Gasteiger partial charge in [0.15, 0.2) is 12.4 Å². The summed E-state index contributed by atoms with van der Waals surface area (Å²) in [7, 11) is -3.84. The highest BCUT2D eigenvalue weighted by molar-refractivity contribution is 7.89. The Bertz CT molecular complexity index is 1040. The molecule has 0 saturated carbocycles. The summed E-state index contributed by atoms with van der Waals surface area (Å²) < 4.78 is 45.2. The van der Waals surface area contributed by atoms with Crippen LogP contribution in [0.3, 0.4) is 0 Å². The van der Waals surface area contributed by atoms with Crippen molar-refractivity contribution in [2.45, 2.75) is 17.7 Å². The molecule has 1 aliphatic heterocycles. The van der Waals surface area contributed by atoms with Gasteiger partial charge in [-0.15, -0.1) is 0 Å². The number of halogens is 1. The molecular weight excluding hydrogens is 405 g/mol. The Morgan fingerprint density at radius 3 is 2.55 bits per heavy atom. The first-order valence-electron chi connectivity index (χ1n) is 8.75. The molecule has 1 fully saturated rings. The van der Waals surface area contributed by atoms with Gasteiger partial charge in [-0.2, -0.15) is 4.31 Å². The topological polar surface area (TPSA) is 119 Å². The van der Waals surface area contributed by atoms with E-state index in [0.29, 0.717) is 13.1 Å². The SMILES string of the molecule is O=C(COc1ccc(S(=O)(=O)N2CCCC2)cc1[N+](=O)[O-])Nc1ccccc1F. The number of carbonyl (C=O) groups excluding carboxylic acids is 1. The molecule has 0 bridgehead atoms. The number of nitrogens with one attached hydrogen (secondary N) is 1. The number of hydrogen-bond acceptors (Lipinski definition) is 6. The van der Waals surface area contributed by atoms with Gasteiger partial charge in [0.2, 0.25) is 10.0 Å². The van der Waals surface area contributed by atoms with Crippen LogP contribution in [0.1, 0.15) is 12.8 Å². The number of ether oxygens (including phenoxy) is 1. The van der Waals surface area contributed by atoms with E-state index < -0.39 is 39.0 Å². The van der Waals surface area contributed by atoms with Gasteiger partial charge in [0.05, 0.1) is 15.5 Å². The van der Waals surface area contributed by atoms with Crippen molar-refractivity contribution in [2.75, 3.05) is 25.0 Å². The third-order valence-corrected chi connectivity index (χ3v) is 6.23. The first-order valence-corrected chi connectivity index (χ1v) is 10.2. The van der Waals surface area contributed by atoms with Gasteiger partial charge >= 0.3 is 5.69 Å². The second-order valence-corrected chi connectivity index (χ2v) is 8.25. The van der Waals surface area contributed by atoms with Gasteiger partial charge in [0, 0.05) is 19.2 Å². The second-order valence-electron chi connectivity index (χ2n) is 6.31. The summed E-state index contributed by atoms with van der Waals surface area (Å²) in [4.78, 5) is 22.3. The van der Waals surface area contributed by atoms with Crippen molar-refractivity contribution in [3.8, 4) is 5.75 Å². The number of nitro groups is 1. The van der Waals surface area contributed by atoms with E-state index >= 15 is 0 Å². The lowest BCUT2D eigenvalue weighted by Gasteiger charge is -2.16. The molecule has 9 nitrogen and oxygen atoms in total. The fourth-order valence-electron chi connectivity index (χ4n) is 2.89. The molecule has 1 amide bonds. The van der Waals surface area contributed by atoms with E-state index in [4.69, 9.17) is 4.74 Å². The largest absolute Gasteiger partial charge is 0.477 e. The molecular formula is C18H18FN3O6S. The van der Waals surface area contributed by atoms with Crippen LogP contribution in [0, 0.1) is 15.9 Å². The predicted molar refractivity (Wildman–Crippen MR) is 102 cm³/mol. The molecule has 0 atom stereocenters. The summed E-state index contributed by atoms with van der Waals surface area (Å²) >= 11 is 0. The Kier molecular flexibility index (Phi) is 6.09. The van der Waals surface area contributed by atoms with Crippen LogP contribution in [0.25, 0.3) is 0 Å². The van der Waals surface area contributed by atoms with Gasteiger partial charge in [-0.3, -0.25) is 14.9 Å². The highest BCUT2D eigenvalue weighted by atomic mass is 32.2. The van der Waals surface area contributed by atoms with Crippen LogP contribution in [-0.4, -0.2) is 43.2 Å². The van der Waals surface area contributed by atoms with Gasteiger partial charge in [-0.25, -0.2) is 12.8 Å². The Morgan fingerprint density at radius 1 is 1.21 bits per heavy atom. The molecule has 0 aliphatic carbocycles. The summed E-state index contributed by atoms with van der Waals surface area (Å²) in [6, 6.07) is 8.76. The lowest BCUT2D eigenvalue weighted by molar-refractivity contribution is -0.386. The Balaban J connectivity index is 1.75. The molecule has 3 rings (SSSR count). The first kappa shape index (κ1) is 20.7. The van der Waals surface area contributed by atoms with E-state index in [1.165, 1.54) is 34.6 Å². The number of carbonyl (C=O) groups is 1. The molecule has 0 spiro atoms. The summed E-state index contributed by atoms with van der Waals surface area (Å²) in [5.74, 6) is -1.62. The number of benzene rings is 2. The minimum absolute atomic E-state index is 0.0531. The molecule has 2 aromatic carbocycles. The van der Waals surface area contributed by atoms with Gasteiger partial charge in [-0.05, 0) is 37.1 Å². The van der Waals surface area contributed by atoms with Crippen molar-refractivity contribution in [1.82, 2.24) is 4.31 Å². The van der Waals surface area contributed by atoms with Crippen LogP contribution in [0.5, 0.6) is 5.75 Å². The van der Waals surface area contributed by atoms with Crippen LogP contribution < -0.4 is 10.1 Å². The van der Waals surface area contributed by atoms with Crippen LogP contribution in [-0.2, 0) is 14.8 Å². The first-order chi connectivity index (χ1) is 13.8. The number of amides is 1. The average molecular weight is 423 g/mol. The maximum atomic E-state index is 13.6. The summed E-state index contributed by atoms with van der Waals surface area (Å²) in [6.45, 7) is 0.114. The Labute approximate surface area is 166 Å². The molecule has 2 aromatic rings. The van der Waals surface area contributed by atoms with Gasteiger partial charge in [-0.1, -0.05) is 12.1 Å². The fourth-order valence-corrected chi connectivity index (χ4v) is 4.43. The van der Waals surface area contributed by atoms with Gasteiger partial charge < -0.3 is 10.1 Å². The van der Waals surface area contributed by atoms with Crippen molar-refractivity contribution in [3.63, 3.8) is 0 Å². The second kappa shape index (κ2) is 8.53. The van der Waals surface area contributed by atoms with Crippen LogP contribution in [0.2, 0.25) is 0 Å². The van der Waals surface area contributed by atoms with Crippen molar-refractivity contribution in [2.24, 2.45) is 0 Å². The third kappa shape index (κ3) is 4.69. The smallest absolute Gasteiger partial charge is 0.312 e. The number of anilines is 1. The zero-order valence-corrected chi connectivity index (χ0v) is 16.0. The van der Waals surface area contributed by atoms with E-state index in [0.717, 1.165) is 25.0 Å². The van der Waals surface area contributed by atoms with Crippen LogP contribution in [0.15, 0.2) is 47.4 Å². The standard InChI is InChI=1S/C18H18FN3O6S/c19-14-5-1-2-6-15(14)20-18(23)12-28-17-8-7-13(11-16(17)22(24)25)29(26,27)21-9-3-4-10-21/h1-2,5-8,11H,3-4,9-10,12H2,(H,20,23). The molecule has 1 aliphatic rings. The lowest BCUT2D eigenvalue weighted by Crippen LogP contribution is -2.28. The average Bonchev–Trinajstić information content (AvgIpc) is 3.23. The summed E-state index contributed by atoms with van der Waals surface area (Å²) in [5, 5.41) is 13.7. The minimum Gasteiger partial charge on any atom is -0.477 e. The number of para-hydroxylation sites is 1. The quantitative estimate of drug-likeness (QED) is 0.540. The molecule has 0 aromatic heterocycles. The monoisotopic (exact) mass is 423 g/mol. The maximum Gasteiger partial charge on any atom is 0.312 e. The number of nitrogens with zero attached hydrogens (tertiary/aromatic N) is 2. The molecule has 1 N–H and O–H groups in total. The zero-order chi connectivity index (χ0) is 21.0. The van der Waals surface area contributed by atoms with Gasteiger partial charge in [0.25, 0.3) is 5.91 Å². The van der Waals surface area contributed by atoms with Crippen molar-refractivity contribution < 1.29 is 27.3 Å².